The fourth-order valence-electron chi connectivity index (χ4n) is 5.07. The number of aromatic nitrogens is 3. The van der Waals surface area contributed by atoms with Crippen molar-refractivity contribution in [1.29, 1.82) is 0 Å². The van der Waals surface area contributed by atoms with Gasteiger partial charge in [-0.3, -0.25) is 9.59 Å². The van der Waals surface area contributed by atoms with Crippen LogP contribution in [0.1, 0.15) is 101 Å². The number of hydrogen-bond acceptors (Lipinski definition) is 7. The minimum atomic E-state index is -0.654. The molecule has 0 unspecified atom stereocenters. The monoisotopic (exact) mass is 536 g/mol. The van der Waals surface area contributed by atoms with E-state index in [1.54, 1.807) is 4.68 Å². The molecule has 0 aliphatic heterocycles. The lowest BCUT2D eigenvalue weighted by atomic mass is 9.86. The quantitative estimate of drug-likeness (QED) is 0.343. The summed E-state index contributed by atoms with van der Waals surface area (Å²) in [6, 6.07) is 7.32. The molecule has 210 valence electrons. The fraction of sp³-hybridized carbons (Fsp3) is 0.517. The first kappa shape index (κ1) is 28.4. The first-order chi connectivity index (χ1) is 18.3. The van der Waals surface area contributed by atoms with E-state index < -0.39 is 11.5 Å². The highest BCUT2D eigenvalue weighted by Gasteiger charge is 2.34. The van der Waals surface area contributed by atoms with Gasteiger partial charge >= 0.3 is 0 Å². The molecule has 5 N–H and O–H groups in total. The van der Waals surface area contributed by atoms with Crippen LogP contribution in [0.2, 0.25) is 0 Å². The predicted molar refractivity (Wildman–Crippen MR) is 150 cm³/mol. The molecular formula is C29H40N6O4. The highest BCUT2D eigenvalue weighted by molar-refractivity contribution is 6.03. The second kappa shape index (κ2) is 10.8. The largest absolute Gasteiger partial charge is 0.383 e. The van der Waals surface area contributed by atoms with Crippen molar-refractivity contribution in [3.05, 3.63) is 46.7 Å². The Morgan fingerprint density at radius 1 is 1.21 bits per heavy atom. The van der Waals surface area contributed by atoms with Crippen molar-refractivity contribution in [3.63, 3.8) is 0 Å². The van der Waals surface area contributed by atoms with Crippen LogP contribution in [-0.4, -0.2) is 32.4 Å². The van der Waals surface area contributed by atoms with Gasteiger partial charge in [-0.2, -0.15) is 5.10 Å². The fourth-order valence-corrected chi connectivity index (χ4v) is 5.07. The number of carbonyl (C=O) groups is 2. The van der Waals surface area contributed by atoms with Gasteiger partial charge in [0.1, 0.15) is 22.8 Å². The summed E-state index contributed by atoms with van der Waals surface area (Å²) >= 11 is 0. The van der Waals surface area contributed by atoms with Gasteiger partial charge in [-0.15, -0.1) is 0 Å². The third-order valence-electron chi connectivity index (χ3n) is 7.21. The van der Waals surface area contributed by atoms with Crippen molar-refractivity contribution in [1.82, 2.24) is 14.9 Å². The Kier molecular flexibility index (Phi) is 7.88. The third-order valence-corrected chi connectivity index (χ3v) is 7.21. The number of nitrogens with one attached hydrogen (secondary N) is 1. The van der Waals surface area contributed by atoms with Crippen molar-refractivity contribution in [2.75, 3.05) is 11.1 Å². The van der Waals surface area contributed by atoms with Crippen molar-refractivity contribution in [2.24, 2.45) is 5.73 Å². The average molecular weight is 537 g/mol. The van der Waals surface area contributed by atoms with E-state index in [1.807, 2.05) is 58.9 Å². The number of carbonyl (C=O) groups excluding carboxylic acids is 2. The number of ether oxygens (including phenoxy) is 1. The third kappa shape index (κ3) is 6.33. The molecule has 2 amide bonds. The zero-order valence-electron chi connectivity index (χ0n) is 23.8. The van der Waals surface area contributed by atoms with Gasteiger partial charge in [-0.05, 0) is 58.6 Å². The number of primary amides is 1. The van der Waals surface area contributed by atoms with Gasteiger partial charge in [-0.25, -0.2) is 4.68 Å². The summed E-state index contributed by atoms with van der Waals surface area (Å²) in [5.74, 6) is 0.576. The van der Waals surface area contributed by atoms with Gasteiger partial charge in [-0.1, -0.05) is 43.1 Å². The number of hydrogen-bond donors (Lipinski definition) is 3. The summed E-state index contributed by atoms with van der Waals surface area (Å²) in [7, 11) is 0. The van der Waals surface area contributed by atoms with E-state index in [9.17, 15) is 9.59 Å². The number of nitrogen functional groups attached to an aromatic ring is 1. The normalized spacial score (nSPS) is 15.2. The second-order valence-corrected chi connectivity index (χ2v) is 12.0. The van der Waals surface area contributed by atoms with Crippen LogP contribution in [0.4, 0.5) is 11.6 Å². The smallest absolute Gasteiger partial charge is 0.254 e. The zero-order valence-corrected chi connectivity index (χ0v) is 23.8. The zero-order chi connectivity index (χ0) is 28.5. The SMILES string of the molecule is CC(C)n1nc(-c2ccc(CC(=O)Nc3cc(C4(C)CCCC4)on3)cc2COC(C)(C)C)c(C(N)=O)c1N. The lowest BCUT2D eigenvalue weighted by Crippen LogP contribution is -2.19. The van der Waals surface area contributed by atoms with E-state index in [0.29, 0.717) is 17.1 Å². The molecule has 0 atom stereocenters. The number of benzene rings is 1. The van der Waals surface area contributed by atoms with E-state index in [-0.39, 0.29) is 41.8 Å². The highest BCUT2D eigenvalue weighted by atomic mass is 16.5. The molecule has 0 bridgehead atoms. The number of rotatable bonds is 9. The van der Waals surface area contributed by atoms with Crippen molar-refractivity contribution in [3.8, 4) is 11.3 Å². The lowest BCUT2D eigenvalue weighted by molar-refractivity contribution is -0.115. The summed E-state index contributed by atoms with van der Waals surface area (Å²) in [4.78, 5) is 25.3. The van der Waals surface area contributed by atoms with Crippen LogP contribution < -0.4 is 16.8 Å². The van der Waals surface area contributed by atoms with Crippen LogP contribution in [0.3, 0.4) is 0 Å². The molecule has 4 rings (SSSR count). The maximum absolute atomic E-state index is 12.9. The highest BCUT2D eigenvalue weighted by Crippen LogP contribution is 2.41. The van der Waals surface area contributed by atoms with Crippen molar-refractivity contribution < 1.29 is 18.8 Å². The summed E-state index contributed by atoms with van der Waals surface area (Å²) in [6.07, 6.45) is 4.57. The van der Waals surface area contributed by atoms with Crippen LogP contribution in [0.5, 0.6) is 0 Å². The first-order valence-electron chi connectivity index (χ1n) is 13.5. The summed E-state index contributed by atoms with van der Waals surface area (Å²) < 4.78 is 13.2. The van der Waals surface area contributed by atoms with Crippen LogP contribution in [0.25, 0.3) is 11.3 Å². The van der Waals surface area contributed by atoms with Gasteiger partial charge in [0.2, 0.25) is 5.91 Å². The first-order valence-corrected chi connectivity index (χ1v) is 13.5. The van der Waals surface area contributed by atoms with Crippen molar-refractivity contribution >= 4 is 23.5 Å². The van der Waals surface area contributed by atoms with Crippen LogP contribution in [0, 0.1) is 0 Å². The molecule has 39 heavy (non-hydrogen) atoms. The van der Waals surface area contributed by atoms with Gasteiger partial charge in [0.15, 0.2) is 5.82 Å². The molecule has 2 aromatic heterocycles. The molecular weight excluding hydrogens is 496 g/mol. The maximum atomic E-state index is 12.9. The van der Waals surface area contributed by atoms with Gasteiger partial charge in [0.25, 0.3) is 5.91 Å². The predicted octanol–water partition coefficient (Wildman–Crippen LogP) is 5.13. The Balaban J connectivity index is 1.60. The Morgan fingerprint density at radius 2 is 1.90 bits per heavy atom. The number of nitrogens with zero attached hydrogens (tertiary/aromatic N) is 3. The molecule has 1 aliphatic rings. The van der Waals surface area contributed by atoms with E-state index in [2.05, 4.69) is 22.5 Å². The molecule has 0 radical (unpaired) electrons. The lowest BCUT2D eigenvalue weighted by Gasteiger charge is -2.21. The Bertz CT molecular complexity index is 1360. The van der Waals surface area contributed by atoms with E-state index in [4.69, 9.17) is 20.7 Å². The van der Waals surface area contributed by atoms with Gasteiger partial charge < -0.3 is 26.0 Å². The van der Waals surface area contributed by atoms with Gasteiger partial charge in [0, 0.05) is 23.1 Å². The minimum absolute atomic E-state index is 0.0243. The summed E-state index contributed by atoms with van der Waals surface area (Å²) in [5, 5.41) is 11.6. The van der Waals surface area contributed by atoms with E-state index >= 15 is 0 Å². The molecule has 2 heterocycles. The molecule has 1 fully saturated rings. The molecule has 1 saturated carbocycles. The number of anilines is 2. The Labute approximate surface area is 229 Å². The number of amides is 2. The topological polar surface area (TPSA) is 151 Å². The Morgan fingerprint density at radius 3 is 2.51 bits per heavy atom. The molecule has 0 spiro atoms. The molecule has 1 aliphatic carbocycles. The molecule has 10 nitrogen and oxygen atoms in total. The second-order valence-electron chi connectivity index (χ2n) is 12.0. The van der Waals surface area contributed by atoms with E-state index in [1.165, 1.54) is 12.8 Å². The van der Waals surface area contributed by atoms with Crippen LogP contribution >= 0.6 is 0 Å². The molecule has 3 aromatic rings. The summed E-state index contributed by atoms with van der Waals surface area (Å²) in [5.41, 5.74) is 14.3. The summed E-state index contributed by atoms with van der Waals surface area (Å²) in [6.45, 7) is 12.2. The van der Waals surface area contributed by atoms with Gasteiger partial charge in [0.05, 0.1) is 18.6 Å². The minimum Gasteiger partial charge on any atom is -0.383 e. The molecule has 1 aromatic carbocycles. The molecule has 10 heteroatoms. The Hall–Kier alpha value is -3.66. The maximum Gasteiger partial charge on any atom is 0.254 e. The average Bonchev–Trinajstić information content (AvgIpc) is 3.56. The van der Waals surface area contributed by atoms with Crippen LogP contribution in [0.15, 0.2) is 28.8 Å². The standard InChI is InChI=1S/C29H40N6O4/c1-17(2)35-26(30)24(27(31)37)25(33-35)20-10-9-18(13-19(20)16-38-28(3,4)5)14-23(36)32-22-15-21(39-34-22)29(6)11-7-8-12-29/h9-10,13,15,17H,7-8,11-12,14,16,30H2,1-6H3,(H2,31,37)(H,32,34,36). The molecule has 0 saturated heterocycles. The van der Waals surface area contributed by atoms with Crippen molar-refractivity contribution in [2.45, 2.75) is 97.3 Å². The van der Waals surface area contributed by atoms with E-state index in [0.717, 1.165) is 29.7 Å². The van der Waals surface area contributed by atoms with Crippen LogP contribution in [-0.2, 0) is 28.0 Å². The number of nitrogens with two attached hydrogens (primary N) is 2.